The Kier molecular flexibility index (Phi) is 5.03. The van der Waals surface area contributed by atoms with E-state index in [1.807, 2.05) is 30.9 Å². The van der Waals surface area contributed by atoms with Crippen molar-refractivity contribution in [3.05, 3.63) is 76.7 Å². The standard InChI is InChI=1S/C28H30N2O4/c1-17-26(18(2)34-29-17)28(32)14-19-8-7-9-20(15-28)30(19)27(31)33-16-25-23-12-5-3-10-21(23)22-11-4-6-13-24(22)25/h3-6,10-13,19-20,25,32H,7-9,14-16H2,1-2H3. The van der Waals surface area contributed by atoms with Crippen molar-refractivity contribution in [1.82, 2.24) is 10.1 Å². The van der Waals surface area contributed by atoms with Crippen molar-refractivity contribution in [3.63, 3.8) is 0 Å². The van der Waals surface area contributed by atoms with Crippen molar-refractivity contribution in [3.8, 4) is 11.1 Å². The van der Waals surface area contributed by atoms with E-state index in [-0.39, 0.29) is 24.1 Å². The molecular formula is C28H30N2O4. The van der Waals surface area contributed by atoms with Gasteiger partial charge in [0.2, 0.25) is 0 Å². The Hall–Kier alpha value is -3.12. The molecular weight excluding hydrogens is 428 g/mol. The molecule has 6 heteroatoms. The average molecular weight is 459 g/mol. The number of hydrogen-bond acceptors (Lipinski definition) is 5. The van der Waals surface area contributed by atoms with Gasteiger partial charge in [-0.25, -0.2) is 4.79 Å². The Morgan fingerprint density at radius 1 is 1.06 bits per heavy atom. The lowest BCUT2D eigenvalue weighted by molar-refractivity contribution is -0.0899. The topological polar surface area (TPSA) is 75.8 Å². The molecule has 0 radical (unpaired) electrons. The maximum Gasteiger partial charge on any atom is 0.410 e. The molecule has 1 aromatic heterocycles. The molecule has 176 valence electrons. The largest absolute Gasteiger partial charge is 0.448 e. The number of piperidine rings is 2. The van der Waals surface area contributed by atoms with Crippen molar-refractivity contribution in [2.24, 2.45) is 0 Å². The van der Waals surface area contributed by atoms with Crippen LogP contribution in [0, 0.1) is 13.8 Å². The van der Waals surface area contributed by atoms with Crippen molar-refractivity contribution in [2.75, 3.05) is 6.61 Å². The number of amides is 1. The third-order valence-corrected chi connectivity index (χ3v) is 8.05. The van der Waals surface area contributed by atoms with E-state index in [2.05, 4.69) is 41.6 Å². The van der Waals surface area contributed by atoms with Gasteiger partial charge in [-0.15, -0.1) is 0 Å². The number of aryl methyl sites for hydroxylation is 2. The van der Waals surface area contributed by atoms with E-state index in [1.165, 1.54) is 22.3 Å². The molecule has 34 heavy (non-hydrogen) atoms. The highest BCUT2D eigenvalue weighted by molar-refractivity contribution is 5.79. The van der Waals surface area contributed by atoms with Gasteiger partial charge < -0.3 is 19.3 Å². The molecule has 2 saturated heterocycles. The van der Waals surface area contributed by atoms with Gasteiger partial charge in [-0.2, -0.15) is 0 Å². The minimum Gasteiger partial charge on any atom is -0.448 e. The van der Waals surface area contributed by atoms with E-state index in [0.717, 1.165) is 30.5 Å². The molecule has 2 aromatic carbocycles. The number of aliphatic hydroxyl groups is 1. The molecule has 1 N–H and O–H groups in total. The van der Waals surface area contributed by atoms with Gasteiger partial charge in [0.05, 0.1) is 11.3 Å². The van der Waals surface area contributed by atoms with Crippen molar-refractivity contribution in [1.29, 1.82) is 0 Å². The van der Waals surface area contributed by atoms with Gasteiger partial charge >= 0.3 is 6.09 Å². The maximum atomic E-state index is 13.4. The number of aromatic nitrogens is 1. The van der Waals surface area contributed by atoms with Crippen molar-refractivity contribution < 1.29 is 19.2 Å². The lowest BCUT2D eigenvalue weighted by Crippen LogP contribution is -2.59. The van der Waals surface area contributed by atoms with Gasteiger partial charge in [-0.3, -0.25) is 0 Å². The summed E-state index contributed by atoms with van der Waals surface area (Å²) in [6.45, 7) is 4.04. The van der Waals surface area contributed by atoms with Crippen LogP contribution >= 0.6 is 0 Å². The van der Waals surface area contributed by atoms with Gasteiger partial charge in [0, 0.05) is 36.4 Å². The van der Waals surface area contributed by atoms with E-state index < -0.39 is 5.60 Å². The Morgan fingerprint density at radius 2 is 1.65 bits per heavy atom. The molecule has 0 spiro atoms. The van der Waals surface area contributed by atoms with E-state index in [4.69, 9.17) is 9.26 Å². The quantitative estimate of drug-likeness (QED) is 0.565. The summed E-state index contributed by atoms with van der Waals surface area (Å²) in [5.74, 6) is 0.702. The molecule has 2 bridgehead atoms. The van der Waals surface area contributed by atoms with Crippen molar-refractivity contribution in [2.45, 2.75) is 69.6 Å². The SMILES string of the molecule is Cc1noc(C)c1C1(O)CC2CCCC(C1)N2C(=O)OCC1c2ccccc2-c2ccccc21. The van der Waals surface area contributed by atoms with Gasteiger partial charge in [0.1, 0.15) is 12.4 Å². The van der Waals surface area contributed by atoms with E-state index >= 15 is 0 Å². The monoisotopic (exact) mass is 458 g/mol. The number of ether oxygens (including phenoxy) is 1. The minimum absolute atomic E-state index is 0.0419. The second kappa shape index (κ2) is 7.98. The minimum atomic E-state index is -1.02. The highest BCUT2D eigenvalue weighted by Crippen LogP contribution is 2.47. The molecule has 3 aromatic rings. The second-order valence-corrected chi connectivity index (χ2v) is 10.1. The number of carbonyl (C=O) groups is 1. The predicted octanol–water partition coefficient (Wildman–Crippen LogP) is 5.45. The molecule has 3 aliphatic rings. The summed E-state index contributed by atoms with van der Waals surface area (Å²) in [4.78, 5) is 15.3. The number of hydrogen-bond donors (Lipinski definition) is 1. The first-order chi connectivity index (χ1) is 16.5. The summed E-state index contributed by atoms with van der Waals surface area (Å²) < 4.78 is 11.3. The first kappa shape index (κ1) is 21.4. The van der Waals surface area contributed by atoms with E-state index in [1.54, 1.807) is 0 Å². The summed E-state index contributed by atoms with van der Waals surface area (Å²) in [5.41, 5.74) is 5.36. The molecule has 2 aliphatic heterocycles. The predicted molar refractivity (Wildman–Crippen MR) is 127 cm³/mol. The van der Waals surface area contributed by atoms with Crippen LogP contribution < -0.4 is 0 Å². The smallest absolute Gasteiger partial charge is 0.410 e. The average Bonchev–Trinajstić information content (AvgIpc) is 3.34. The number of fused-ring (bicyclic) bond motifs is 5. The Balaban J connectivity index is 1.22. The molecule has 1 aliphatic carbocycles. The fraction of sp³-hybridized carbons (Fsp3) is 0.429. The van der Waals surface area contributed by atoms with Crippen LogP contribution in [0.3, 0.4) is 0 Å². The third kappa shape index (κ3) is 3.27. The first-order valence-corrected chi connectivity index (χ1v) is 12.3. The molecule has 1 amide bonds. The van der Waals surface area contributed by atoms with Crippen LogP contribution in [0.2, 0.25) is 0 Å². The molecule has 2 unspecified atom stereocenters. The summed E-state index contributed by atoms with van der Waals surface area (Å²) >= 11 is 0. The summed E-state index contributed by atoms with van der Waals surface area (Å²) in [5, 5.41) is 15.7. The summed E-state index contributed by atoms with van der Waals surface area (Å²) in [7, 11) is 0. The third-order valence-electron chi connectivity index (χ3n) is 8.05. The first-order valence-electron chi connectivity index (χ1n) is 12.3. The summed E-state index contributed by atoms with van der Waals surface area (Å²) in [6, 6.07) is 16.6. The second-order valence-electron chi connectivity index (χ2n) is 10.1. The fourth-order valence-electron chi connectivity index (χ4n) is 6.75. The Labute approximate surface area is 199 Å². The van der Waals surface area contributed by atoms with Gasteiger partial charge in [-0.1, -0.05) is 53.7 Å². The summed E-state index contributed by atoms with van der Waals surface area (Å²) in [6.07, 6.45) is 3.49. The van der Waals surface area contributed by atoms with Gasteiger partial charge in [0.25, 0.3) is 0 Å². The number of benzene rings is 2. The van der Waals surface area contributed by atoms with Gasteiger partial charge in [0.15, 0.2) is 0 Å². The van der Waals surface area contributed by atoms with Crippen LogP contribution in [0.25, 0.3) is 11.1 Å². The zero-order chi connectivity index (χ0) is 23.4. The van der Waals surface area contributed by atoms with Crippen molar-refractivity contribution >= 4 is 6.09 Å². The lowest BCUT2D eigenvalue weighted by Gasteiger charge is -2.51. The van der Waals surface area contributed by atoms with Crippen LogP contribution in [-0.4, -0.2) is 39.9 Å². The normalized spacial score (nSPS) is 25.7. The van der Waals surface area contributed by atoms with Crippen LogP contribution in [0.5, 0.6) is 0 Å². The Bertz CT molecular complexity index is 1170. The van der Waals surface area contributed by atoms with Crippen LogP contribution in [0.4, 0.5) is 4.79 Å². The number of nitrogens with zero attached hydrogens (tertiary/aromatic N) is 2. The molecule has 2 fully saturated rings. The molecule has 6 nitrogen and oxygen atoms in total. The van der Waals surface area contributed by atoms with Crippen LogP contribution in [0.1, 0.15) is 66.2 Å². The Morgan fingerprint density at radius 3 is 2.21 bits per heavy atom. The highest BCUT2D eigenvalue weighted by Gasteiger charge is 2.50. The molecule has 0 saturated carbocycles. The fourth-order valence-corrected chi connectivity index (χ4v) is 6.75. The molecule has 3 heterocycles. The maximum absolute atomic E-state index is 13.4. The van der Waals surface area contributed by atoms with E-state index in [9.17, 15) is 9.90 Å². The zero-order valence-electron chi connectivity index (χ0n) is 19.7. The highest BCUT2D eigenvalue weighted by atomic mass is 16.6. The zero-order valence-corrected chi connectivity index (χ0v) is 19.7. The van der Waals surface area contributed by atoms with Crippen LogP contribution in [0.15, 0.2) is 53.1 Å². The van der Waals surface area contributed by atoms with E-state index in [0.29, 0.717) is 25.2 Å². The van der Waals surface area contributed by atoms with Gasteiger partial charge in [-0.05, 0) is 55.4 Å². The molecule has 2 atom stereocenters. The number of rotatable bonds is 3. The molecule has 6 rings (SSSR count). The lowest BCUT2D eigenvalue weighted by atomic mass is 9.72. The number of carbonyl (C=O) groups excluding carboxylic acids is 1. The van der Waals surface area contributed by atoms with Crippen LogP contribution in [-0.2, 0) is 10.3 Å².